The lowest BCUT2D eigenvalue weighted by Crippen LogP contribution is -1.97. The van der Waals surface area contributed by atoms with Gasteiger partial charge in [-0.2, -0.15) is 0 Å². The first-order chi connectivity index (χ1) is 12.7. The fourth-order valence-corrected chi connectivity index (χ4v) is 3.02. The molecule has 1 N–H and O–H groups in total. The van der Waals surface area contributed by atoms with Crippen molar-refractivity contribution in [2.24, 2.45) is 0 Å². The predicted molar refractivity (Wildman–Crippen MR) is 103 cm³/mol. The van der Waals surface area contributed by atoms with Crippen LogP contribution in [-0.4, -0.2) is 11.1 Å². The molecule has 0 saturated carbocycles. The maximum atomic E-state index is 11.6. The van der Waals surface area contributed by atoms with Crippen LogP contribution < -0.4 is 4.74 Å². The van der Waals surface area contributed by atoms with Crippen molar-refractivity contribution < 1.29 is 14.6 Å². The normalized spacial score (nSPS) is 10.6. The monoisotopic (exact) mass is 340 g/mol. The highest BCUT2D eigenvalue weighted by Gasteiger charge is 2.11. The summed E-state index contributed by atoms with van der Waals surface area (Å²) in [4.78, 5) is 11.6. The van der Waals surface area contributed by atoms with Gasteiger partial charge in [-0.15, -0.1) is 0 Å². The van der Waals surface area contributed by atoms with Crippen LogP contribution in [0.15, 0.2) is 91.0 Å². The topological polar surface area (TPSA) is 46.5 Å². The van der Waals surface area contributed by atoms with E-state index >= 15 is 0 Å². The second-order valence-corrected chi connectivity index (χ2v) is 5.99. The highest BCUT2D eigenvalue weighted by Crippen LogP contribution is 2.33. The molecule has 0 atom stereocenters. The van der Waals surface area contributed by atoms with Crippen LogP contribution in [0.2, 0.25) is 0 Å². The van der Waals surface area contributed by atoms with Crippen molar-refractivity contribution in [3.63, 3.8) is 0 Å². The van der Waals surface area contributed by atoms with Crippen LogP contribution >= 0.6 is 0 Å². The maximum Gasteiger partial charge on any atom is 0.335 e. The quantitative estimate of drug-likeness (QED) is 0.496. The molecule has 0 aliphatic carbocycles. The zero-order chi connectivity index (χ0) is 17.9. The summed E-state index contributed by atoms with van der Waals surface area (Å²) in [6.07, 6.45) is 0. The van der Waals surface area contributed by atoms with E-state index in [-0.39, 0.29) is 5.56 Å². The molecule has 0 aliphatic heterocycles. The summed E-state index contributed by atoms with van der Waals surface area (Å²) in [5, 5.41) is 11.3. The largest absolute Gasteiger partial charge is 0.478 e. The molecule has 0 radical (unpaired) electrons. The molecule has 0 unspecified atom stereocenters. The van der Waals surface area contributed by atoms with Crippen molar-refractivity contribution in [3.8, 4) is 22.6 Å². The van der Waals surface area contributed by atoms with Gasteiger partial charge in [-0.05, 0) is 58.3 Å². The standard InChI is InChI=1S/C23H16O3/c24-23(25)18-13-17-14-20(26-19-9-5-2-6-10-19)11-12-21(17)22(15-18)16-7-3-1-4-8-16/h1-15H,(H,24,25). The molecule has 0 aromatic heterocycles. The lowest BCUT2D eigenvalue weighted by Gasteiger charge is -2.11. The number of hydrogen-bond donors (Lipinski definition) is 1. The Kier molecular flexibility index (Phi) is 4.12. The fraction of sp³-hybridized carbons (Fsp3) is 0. The Labute approximate surface area is 151 Å². The molecule has 0 amide bonds. The second-order valence-electron chi connectivity index (χ2n) is 5.99. The highest BCUT2D eigenvalue weighted by molar-refractivity contribution is 6.03. The lowest BCUT2D eigenvalue weighted by molar-refractivity contribution is 0.0697. The van der Waals surface area contributed by atoms with E-state index in [0.717, 1.165) is 27.6 Å². The molecule has 4 aromatic rings. The lowest BCUT2D eigenvalue weighted by atomic mass is 9.95. The molecule has 0 saturated heterocycles. The van der Waals surface area contributed by atoms with Crippen molar-refractivity contribution in [1.82, 2.24) is 0 Å². The third-order valence-corrected chi connectivity index (χ3v) is 4.23. The summed E-state index contributed by atoms with van der Waals surface area (Å²) < 4.78 is 5.88. The van der Waals surface area contributed by atoms with Gasteiger partial charge in [-0.1, -0.05) is 54.6 Å². The van der Waals surface area contributed by atoms with Gasteiger partial charge in [0.05, 0.1) is 5.56 Å². The number of benzene rings is 4. The van der Waals surface area contributed by atoms with Crippen molar-refractivity contribution in [3.05, 3.63) is 96.6 Å². The van der Waals surface area contributed by atoms with Crippen molar-refractivity contribution in [1.29, 1.82) is 0 Å². The summed E-state index contributed by atoms with van der Waals surface area (Å²) in [6, 6.07) is 28.5. The minimum atomic E-state index is -0.946. The molecule has 26 heavy (non-hydrogen) atoms. The number of carboxylic acid groups (broad SMARTS) is 1. The van der Waals surface area contributed by atoms with E-state index in [0.29, 0.717) is 5.75 Å². The van der Waals surface area contributed by atoms with Gasteiger partial charge >= 0.3 is 5.97 Å². The first kappa shape index (κ1) is 15.9. The Morgan fingerprint density at radius 1 is 0.731 bits per heavy atom. The molecular weight excluding hydrogens is 324 g/mol. The molecule has 4 rings (SSSR count). The van der Waals surface area contributed by atoms with Gasteiger partial charge in [-0.3, -0.25) is 0 Å². The Morgan fingerprint density at radius 3 is 2.12 bits per heavy atom. The molecule has 0 spiro atoms. The van der Waals surface area contributed by atoms with Crippen LogP contribution in [0.5, 0.6) is 11.5 Å². The van der Waals surface area contributed by atoms with Crippen LogP contribution in [0.3, 0.4) is 0 Å². The minimum Gasteiger partial charge on any atom is -0.478 e. The van der Waals surface area contributed by atoms with E-state index in [1.165, 1.54) is 0 Å². The molecule has 0 heterocycles. The number of ether oxygens (including phenoxy) is 1. The van der Waals surface area contributed by atoms with Gasteiger partial charge in [0.15, 0.2) is 0 Å². The van der Waals surface area contributed by atoms with Gasteiger partial charge in [0.1, 0.15) is 11.5 Å². The fourth-order valence-electron chi connectivity index (χ4n) is 3.02. The molecule has 0 aliphatic rings. The number of rotatable bonds is 4. The van der Waals surface area contributed by atoms with Crippen LogP contribution in [-0.2, 0) is 0 Å². The summed E-state index contributed by atoms with van der Waals surface area (Å²) in [7, 11) is 0. The van der Waals surface area contributed by atoms with E-state index in [2.05, 4.69) is 0 Å². The first-order valence-electron chi connectivity index (χ1n) is 8.30. The number of carbonyl (C=O) groups is 1. The maximum absolute atomic E-state index is 11.6. The molecule has 126 valence electrons. The predicted octanol–water partition coefficient (Wildman–Crippen LogP) is 6.00. The van der Waals surface area contributed by atoms with Gasteiger partial charge in [0.25, 0.3) is 0 Å². The van der Waals surface area contributed by atoms with Crippen LogP contribution in [0, 0.1) is 0 Å². The molecule has 4 aromatic carbocycles. The van der Waals surface area contributed by atoms with Crippen molar-refractivity contribution in [2.45, 2.75) is 0 Å². The zero-order valence-electron chi connectivity index (χ0n) is 13.9. The van der Waals surface area contributed by atoms with E-state index in [4.69, 9.17) is 4.74 Å². The molecule has 3 heteroatoms. The average molecular weight is 340 g/mol. The Morgan fingerprint density at radius 2 is 1.42 bits per heavy atom. The van der Waals surface area contributed by atoms with Crippen LogP contribution in [0.1, 0.15) is 10.4 Å². The third-order valence-electron chi connectivity index (χ3n) is 4.23. The van der Waals surface area contributed by atoms with Crippen LogP contribution in [0.25, 0.3) is 21.9 Å². The van der Waals surface area contributed by atoms with Crippen molar-refractivity contribution in [2.75, 3.05) is 0 Å². The minimum absolute atomic E-state index is 0.258. The Hall–Kier alpha value is -3.59. The zero-order valence-corrected chi connectivity index (χ0v) is 13.9. The van der Waals surface area contributed by atoms with Gasteiger partial charge in [0, 0.05) is 0 Å². The smallest absolute Gasteiger partial charge is 0.335 e. The SMILES string of the molecule is O=C(O)c1cc(-c2ccccc2)c2ccc(Oc3ccccc3)cc2c1. The van der Waals surface area contributed by atoms with Gasteiger partial charge in [0.2, 0.25) is 0 Å². The Balaban J connectivity index is 1.86. The number of para-hydroxylation sites is 1. The average Bonchev–Trinajstić information content (AvgIpc) is 2.68. The molecule has 0 bridgehead atoms. The van der Waals surface area contributed by atoms with Gasteiger partial charge in [-0.25, -0.2) is 4.79 Å². The summed E-state index contributed by atoms with van der Waals surface area (Å²) in [5.41, 5.74) is 2.14. The third kappa shape index (κ3) is 3.15. The summed E-state index contributed by atoms with van der Waals surface area (Å²) in [6.45, 7) is 0. The second kappa shape index (κ2) is 6.73. The molecule has 3 nitrogen and oxygen atoms in total. The van der Waals surface area contributed by atoms with E-state index in [1.54, 1.807) is 12.1 Å². The number of fused-ring (bicyclic) bond motifs is 1. The van der Waals surface area contributed by atoms with E-state index in [9.17, 15) is 9.90 Å². The number of carboxylic acids is 1. The highest BCUT2D eigenvalue weighted by atomic mass is 16.5. The summed E-state index contributed by atoms with van der Waals surface area (Å²) >= 11 is 0. The summed E-state index contributed by atoms with van der Waals surface area (Å²) in [5.74, 6) is 0.466. The number of aromatic carboxylic acids is 1. The van der Waals surface area contributed by atoms with Gasteiger partial charge < -0.3 is 9.84 Å². The first-order valence-corrected chi connectivity index (χ1v) is 8.30. The van der Waals surface area contributed by atoms with E-state index < -0.39 is 5.97 Å². The number of hydrogen-bond acceptors (Lipinski definition) is 2. The van der Waals surface area contributed by atoms with E-state index in [1.807, 2.05) is 78.9 Å². The molecular formula is C23H16O3. The van der Waals surface area contributed by atoms with Crippen LogP contribution in [0.4, 0.5) is 0 Å². The van der Waals surface area contributed by atoms with Crippen molar-refractivity contribution >= 4 is 16.7 Å². The molecule has 0 fully saturated rings. The Bertz CT molecular complexity index is 1070.